The number of fused-ring (bicyclic) bond motifs is 2. The molecule has 0 aromatic heterocycles. The minimum Gasteiger partial charge on any atom is -0.312 e. The van der Waals surface area contributed by atoms with E-state index in [0.29, 0.717) is 0 Å². The summed E-state index contributed by atoms with van der Waals surface area (Å²) in [6, 6.07) is 0. The molecule has 2 aliphatic heterocycles. The highest BCUT2D eigenvalue weighted by atomic mass is 32.2. The van der Waals surface area contributed by atoms with Crippen molar-refractivity contribution in [2.45, 2.75) is 32.1 Å². The van der Waals surface area contributed by atoms with E-state index >= 15 is 0 Å². The van der Waals surface area contributed by atoms with Gasteiger partial charge in [0.15, 0.2) is 0 Å². The number of hydrogen-bond donors (Lipinski definition) is 1. The first-order chi connectivity index (χ1) is 6.95. The molecule has 0 saturated carbocycles. The summed E-state index contributed by atoms with van der Waals surface area (Å²) in [6.45, 7) is 0. The highest BCUT2D eigenvalue weighted by Gasteiger charge is 2.25. The standard InChI is InChI=1S/C11H14N2S/c1-2-6-10-9(5-1)13-8-4-3-7-11(13)12-14-10/h4,7-8,12H,1-3,5-6H2. The van der Waals surface area contributed by atoms with Crippen LogP contribution in [0.5, 0.6) is 0 Å². The molecule has 0 bridgehead atoms. The summed E-state index contributed by atoms with van der Waals surface area (Å²) in [7, 11) is 0. The normalized spacial score (nSPS) is 25.1. The molecule has 3 rings (SSSR count). The van der Waals surface area contributed by atoms with Crippen LogP contribution < -0.4 is 4.72 Å². The van der Waals surface area contributed by atoms with E-state index in [1.165, 1.54) is 37.2 Å². The van der Waals surface area contributed by atoms with Gasteiger partial charge in [0.2, 0.25) is 0 Å². The summed E-state index contributed by atoms with van der Waals surface area (Å²) in [5, 5.41) is 0. The molecule has 2 nitrogen and oxygen atoms in total. The Bertz CT molecular complexity index is 341. The molecule has 0 aromatic rings. The van der Waals surface area contributed by atoms with Crippen LogP contribution in [0.2, 0.25) is 0 Å². The quantitative estimate of drug-likeness (QED) is 0.613. The van der Waals surface area contributed by atoms with Crippen LogP contribution in [0, 0.1) is 0 Å². The van der Waals surface area contributed by atoms with E-state index in [-0.39, 0.29) is 0 Å². The molecule has 0 aromatic carbocycles. The van der Waals surface area contributed by atoms with Gasteiger partial charge < -0.3 is 9.62 Å². The third-order valence-corrected chi connectivity index (χ3v) is 3.92. The average Bonchev–Trinajstić information content (AvgIpc) is 2.29. The van der Waals surface area contributed by atoms with Crippen LogP contribution in [0.4, 0.5) is 0 Å². The molecule has 0 spiro atoms. The average molecular weight is 206 g/mol. The molecule has 1 N–H and O–H groups in total. The van der Waals surface area contributed by atoms with Gasteiger partial charge in [0.05, 0.1) is 0 Å². The Morgan fingerprint density at radius 2 is 2.21 bits per heavy atom. The number of hydrogen-bond acceptors (Lipinski definition) is 3. The van der Waals surface area contributed by atoms with Gasteiger partial charge in [0.25, 0.3) is 0 Å². The fourth-order valence-corrected chi connectivity index (χ4v) is 3.17. The first kappa shape index (κ1) is 8.48. The van der Waals surface area contributed by atoms with Crippen molar-refractivity contribution < 1.29 is 0 Å². The van der Waals surface area contributed by atoms with Crippen LogP contribution in [0.3, 0.4) is 0 Å². The maximum atomic E-state index is 3.41. The lowest BCUT2D eigenvalue weighted by Crippen LogP contribution is -2.31. The number of rotatable bonds is 0. The summed E-state index contributed by atoms with van der Waals surface area (Å²) < 4.78 is 3.41. The van der Waals surface area contributed by atoms with Gasteiger partial charge in [0.1, 0.15) is 5.82 Å². The molecule has 0 atom stereocenters. The summed E-state index contributed by atoms with van der Waals surface area (Å²) in [6.07, 6.45) is 12.9. The molecule has 0 amide bonds. The zero-order valence-corrected chi connectivity index (χ0v) is 8.94. The molecule has 74 valence electrons. The molecule has 0 saturated heterocycles. The Morgan fingerprint density at radius 1 is 1.29 bits per heavy atom. The zero-order valence-electron chi connectivity index (χ0n) is 8.12. The van der Waals surface area contributed by atoms with Crippen molar-refractivity contribution in [3.05, 3.63) is 34.8 Å². The van der Waals surface area contributed by atoms with Gasteiger partial charge in [-0.1, -0.05) is 6.08 Å². The number of nitrogens with one attached hydrogen (secondary N) is 1. The first-order valence-electron chi connectivity index (χ1n) is 5.26. The van der Waals surface area contributed by atoms with Crippen molar-refractivity contribution in [2.75, 3.05) is 0 Å². The lowest BCUT2D eigenvalue weighted by atomic mass is 10.0. The van der Waals surface area contributed by atoms with Crippen LogP contribution in [-0.2, 0) is 0 Å². The fraction of sp³-hybridized carbons (Fsp3) is 0.455. The van der Waals surface area contributed by atoms with E-state index in [1.54, 1.807) is 4.91 Å². The van der Waals surface area contributed by atoms with Gasteiger partial charge in [-0.05, 0) is 50.1 Å². The van der Waals surface area contributed by atoms with Crippen molar-refractivity contribution in [3.8, 4) is 0 Å². The molecular formula is C11H14N2S. The zero-order chi connectivity index (χ0) is 9.38. The summed E-state index contributed by atoms with van der Waals surface area (Å²) in [4.78, 5) is 3.87. The maximum Gasteiger partial charge on any atom is 0.116 e. The summed E-state index contributed by atoms with van der Waals surface area (Å²) >= 11 is 1.82. The fourth-order valence-electron chi connectivity index (χ4n) is 2.19. The molecule has 14 heavy (non-hydrogen) atoms. The van der Waals surface area contributed by atoms with E-state index in [0.717, 1.165) is 6.42 Å². The van der Waals surface area contributed by atoms with Gasteiger partial charge in [0, 0.05) is 16.8 Å². The van der Waals surface area contributed by atoms with E-state index in [4.69, 9.17) is 0 Å². The second kappa shape index (κ2) is 3.39. The predicted octanol–water partition coefficient (Wildman–Crippen LogP) is 3.08. The van der Waals surface area contributed by atoms with E-state index in [1.807, 2.05) is 11.9 Å². The van der Waals surface area contributed by atoms with Crippen molar-refractivity contribution >= 4 is 11.9 Å². The first-order valence-corrected chi connectivity index (χ1v) is 6.08. The topological polar surface area (TPSA) is 15.3 Å². The SMILES string of the molecule is C1=CN2C(=CC1)NSC1=C2CCCC1. The molecule has 3 heteroatoms. The minimum absolute atomic E-state index is 1.06. The second-order valence-electron chi connectivity index (χ2n) is 3.86. The lowest BCUT2D eigenvalue weighted by Gasteiger charge is -2.37. The van der Waals surface area contributed by atoms with Crippen LogP contribution in [0.25, 0.3) is 0 Å². The van der Waals surface area contributed by atoms with Gasteiger partial charge in [-0.15, -0.1) is 0 Å². The maximum absolute atomic E-state index is 3.41. The molecule has 1 aliphatic carbocycles. The van der Waals surface area contributed by atoms with Crippen LogP contribution in [0.1, 0.15) is 32.1 Å². The Labute approximate surface area is 88.9 Å². The van der Waals surface area contributed by atoms with Gasteiger partial charge in [-0.25, -0.2) is 0 Å². The van der Waals surface area contributed by atoms with Crippen LogP contribution in [-0.4, -0.2) is 4.90 Å². The van der Waals surface area contributed by atoms with Gasteiger partial charge >= 0.3 is 0 Å². The Morgan fingerprint density at radius 3 is 3.21 bits per heavy atom. The van der Waals surface area contributed by atoms with Gasteiger partial charge in [-0.3, -0.25) is 0 Å². The minimum atomic E-state index is 1.06. The smallest absolute Gasteiger partial charge is 0.116 e. The second-order valence-corrected chi connectivity index (χ2v) is 4.76. The van der Waals surface area contributed by atoms with Crippen LogP contribution in [0.15, 0.2) is 34.8 Å². The number of nitrogens with zero attached hydrogens (tertiary/aromatic N) is 1. The van der Waals surface area contributed by atoms with Crippen molar-refractivity contribution in [1.29, 1.82) is 0 Å². The van der Waals surface area contributed by atoms with Gasteiger partial charge in [-0.2, -0.15) is 0 Å². The highest BCUT2D eigenvalue weighted by Crippen LogP contribution is 2.39. The molecule has 0 radical (unpaired) electrons. The largest absolute Gasteiger partial charge is 0.312 e. The summed E-state index contributed by atoms with van der Waals surface area (Å²) in [5.41, 5.74) is 1.53. The third-order valence-electron chi connectivity index (χ3n) is 2.92. The van der Waals surface area contributed by atoms with Crippen molar-refractivity contribution in [3.63, 3.8) is 0 Å². The van der Waals surface area contributed by atoms with Crippen LogP contribution >= 0.6 is 11.9 Å². The Hall–Kier alpha value is -0.830. The van der Waals surface area contributed by atoms with Crippen molar-refractivity contribution in [1.82, 2.24) is 9.62 Å². The Kier molecular flexibility index (Phi) is 2.05. The molecule has 2 heterocycles. The lowest BCUT2D eigenvalue weighted by molar-refractivity contribution is 0.474. The highest BCUT2D eigenvalue weighted by molar-refractivity contribution is 8.01. The monoisotopic (exact) mass is 206 g/mol. The van der Waals surface area contributed by atoms with E-state index < -0.39 is 0 Å². The van der Waals surface area contributed by atoms with E-state index in [9.17, 15) is 0 Å². The Balaban J connectivity index is 1.99. The third kappa shape index (κ3) is 1.27. The molecular weight excluding hydrogens is 192 g/mol. The number of allylic oxidation sites excluding steroid dienone is 4. The molecule has 3 aliphatic rings. The van der Waals surface area contributed by atoms with E-state index in [2.05, 4.69) is 28.0 Å². The molecule has 0 unspecified atom stereocenters. The molecule has 0 fully saturated rings. The summed E-state index contributed by atoms with van der Waals surface area (Å²) in [5.74, 6) is 1.26. The van der Waals surface area contributed by atoms with Crippen molar-refractivity contribution in [2.24, 2.45) is 0 Å². The predicted molar refractivity (Wildman–Crippen MR) is 59.9 cm³/mol.